The van der Waals surface area contributed by atoms with E-state index in [1.165, 1.54) is 18.1 Å². The van der Waals surface area contributed by atoms with E-state index in [1.54, 1.807) is 0 Å². The number of carboxylic acids is 1. The maximum Gasteiger partial charge on any atom is 0.407 e. The van der Waals surface area contributed by atoms with Crippen molar-refractivity contribution >= 4 is 12.1 Å². The second kappa shape index (κ2) is 13.7. The molecular formula is C32H41F2N3O4. The number of piperidine rings is 1. The third kappa shape index (κ3) is 7.63. The van der Waals surface area contributed by atoms with Crippen LogP contribution in [0, 0.1) is 23.5 Å². The van der Waals surface area contributed by atoms with Crippen molar-refractivity contribution in [2.45, 2.75) is 69.6 Å². The number of rotatable bonds is 9. The summed E-state index contributed by atoms with van der Waals surface area (Å²) in [6.45, 7) is 4.07. The highest BCUT2D eigenvalue weighted by Gasteiger charge is 2.43. The minimum atomic E-state index is -0.947. The summed E-state index contributed by atoms with van der Waals surface area (Å²) in [4.78, 5) is 29.4. The molecule has 1 saturated carbocycles. The summed E-state index contributed by atoms with van der Waals surface area (Å²) in [6.07, 6.45) is 6.09. The van der Waals surface area contributed by atoms with E-state index in [0.717, 1.165) is 70.5 Å². The predicted octanol–water partition coefficient (Wildman–Crippen LogP) is 5.40. The second-order valence-corrected chi connectivity index (χ2v) is 11.9. The molecule has 0 aromatic heterocycles. The standard InChI is InChI=1S/C32H41F2N3O4/c33-28-12-11-22(17-29(28)34)18-35-32(40)41-26-13-15-36(16-14-26)19-25-20-37(21-27(25)23-7-3-1-4-8-23)30(31(38)39)24-9-5-2-6-10-24/h1,3-4,7-8,11-12,17,24-27,30H,2,5-6,9-10,13-16,18-21H2,(H,35,40)(H,38,39)/t25-,27+,30+/m0/s1. The number of halogens is 2. The lowest BCUT2D eigenvalue weighted by atomic mass is 9.83. The molecule has 7 nitrogen and oxygen atoms in total. The summed E-state index contributed by atoms with van der Waals surface area (Å²) in [6, 6.07) is 13.6. The normalized spacial score (nSPS) is 23.8. The molecule has 0 spiro atoms. The molecule has 0 bridgehead atoms. The van der Waals surface area contributed by atoms with Crippen molar-refractivity contribution in [2.75, 3.05) is 32.7 Å². The smallest absolute Gasteiger partial charge is 0.407 e. The van der Waals surface area contributed by atoms with Gasteiger partial charge in [-0.15, -0.1) is 0 Å². The Morgan fingerprint density at radius 3 is 2.37 bits per heavy atom. The summed E-state index contributed by atoms with van der Waals surface area (Å²) in [5.41, 5.74) is 1.73. The van der Waals surface area contributed by atoms with Crippen LogP contribution in [0.2, 0.25) is 0 Å². The number of hydrogen-bond acceptors (Lipinski definition) is 5. The minimum absolute atomic E-state index is 0.0616. The van der Waals surface area contributed by atoms with Crippen molar-refractivity contribution in [3.05, 3.63) is 71.3 Å². The van der Waals surface area contributed by atoms with Gasteiger partial charge in [-0.3, -0.25) is 9.69 Å². The van der Waals surface area contributed by atoms with E-state index in [2.05, 4.69) is 39.4 Å². The van der Waals surface area contributed by atoms with Crippen molar-refractivity contribution in [3.63, 3.8) is 0 Å². The first kappa shape index (κ1) is 29.5. The van der Waals surface area contributed by atoms with Crippen molar-refractivity contribution < 1.29 is 28.2 Å². The Morgan fingerprint density at radius 2 is 1.68 bits per heavy atom. The Bertz CT molecular complexity index is 1170. The average molecular weight is 570 g/mol. The van der Waals surface area contributed by atoms with Crippen molar-refractivity contribution in [1.82, 2.24) is 15.1 Å². The molecule has 3 atom stereocenters. The van der Waals surface area contributed by atoms with Gasteiger partial charge in [0.05, 0.1) is 0 Å². The summed E-state index contributed by atoms with van der Waals surface area (Å²) >= 11 is 0. The third-order valence-corrected chi connectivity index (χ3v) is 9.16. The molecule has 1 amide bonds. The molecule has 41 heavy (non-hydrogen) atoms. The van der Waals surface area contributed by atoms with Crippen LogP contribution in [-0.2, 0) is 16.1 Å². The zero-order chi connectivity index (χ0) is 28.8. The first-order valence-electron chi connectivity index (χ1n) is 15.0. The number of carbonyl (C=O) groups is 2. The molecule has 2 saturated heterocycles. The van der Waals surface area contributed by atoms with Gasteiger partial charge < -0.3 is 20.1 Å². The SMILES string of the molecule is O=C(NCc1ccc(F)c(F)c1)OC1CCN(C[C@H]2CN([C@@H](C(=O)O)C3CCCCC3)C[C@@H]2c2ccccc2)CC1. The van der Waals surface area contributed by atoms with Gasteiger partial charge in [0, 0.05) is 45.2 Å². The topological polar surface area (TPSA) is 82.1 Å². The van der Waals surface area contributed by atoms with Gasteiger partial charge in [-0.25, -0.2) is 13.6 Å². The van der Waals surface area contributed by atoms with Crippen LogP contribution in [0.4, 0.5) is 13.6 Å². The fourth-order valence-corrected chi connectivity index (χ4v) is 7.06. The van der Waals surface area contributed by atoms with Crippen LogP contribution in [0.5, 0.6) is 0 Å². The number of ether oxygens (including phenoxy) is 1. The number of alkyl carbamates (subject to hydrolysis) is 1. The van der Waals surface area contributed by atoms with Gasteiger partial charge in [0.15, 0.2) is 11.6 Å². The molecular weight excluding hydrogens is 528 g/mol. The lowest BCUT2D eigenvalue weighted by Crippen LogP contribution is -2.46. The summed E-state index contributed by atoms with van der Waals surface area (Å²) < 4.78 is 32.1. The molecule has 2 aromatic rings. The van der Waals surface area contributed by atoms with Crippen LogP contribution in [0.3, 0.4) is 0 Å². The largest absolute Gasteiger partial charge is 0.480 e. The van der Waals surface area contributed by atoms with Gasteiger partial charge >= 0.3 is 12.1 Å². The van der Waals surface area contributed by atoms with E-state index >= 15 is 0 Å². The van der Waals surface area contributed by atoms with Crippen LogP contribution >= 0.6 is 0 Å². The number of aliphatic carboxylic acids is 1. The van der Waals surface area contributed by atoms with Crippen LogP contribution < -0.4 is 5.32 Å². The van der Waals surface area contributed by atoms with E-state index in [0.29, 0.717) is 24.3 Å². The molecule has 0 unspecified atom stereocenters. The number of hydrogen-bond donors (Lipinski definition) is 2. The Balaban J connectivity index is 1.15. The maximum atomic E-state index is 13.4. The fourth-order valence-electron chi connectivity index (χ4n) is 7.06. The number of carbonyl (C=O) groups excluding carboxylic acids is 1. The summed E-state index contributed by atoms with van der Waals surface area (Å²) in [5, 5.41) is 12.9. The van der Waals surface area contributed by atoms with E-state index in [-0.39, 0.29) is 24.5 Å². The third-order valence-electron chi connectivity index (χ3n) is 9.16. The molecule has 1 aliphatic carbocycles. The highest BCUT2D eigenvalue weighted by Crippen LogP contribution is 2.38. The van der Waals surface area contributed by atoms with Crippen LogP contribution in [0.25, 0.3) is 0 Å². The first-order valence-corrected chi connectivity index (χ1v) is 15.0. The van der Waals surface area contributed by atoms with Crippen molar-refractivity contribution in [3.8, 4) is 0 Å². The number of likely N-dealkylation sites (tertiary alicyclic amines) is 2. The van der Waals surface area contributed by atoms with Gasteiger partial charge in [-0.05, 0) is 60.8 Å². The molecule has 3 aliphatic rings. The van der Waals surface area contributed by atoms with Crippen molar-refractivity contribution in [2.24, 2.45) is 11.8 Å². The number of nitrogens with zero attached hydrogens (tertiary/aromatic N) is 2. The summed E-state index contributed by atoms with van der Waals surface area (Å²) in [7, 11) is 0. The molecule has 3 fully saturated rings. The number of carboxylic acid groups (broad SMARTS) is 1. The highest BCUT2D eigenvalue weighted by atomic mass is 19.2. The van der Waals surface area contributed by atoms with Crippen LogP contribution in [0.1, 0.15) is 62.0 Å². The van der Waals surface area contributed by atoms with Gasteiger partial charge in [0.2, 0.25) is 0 Å². The lowest BCUT2D eigenvalue weighted by molar-refractivity contribution is -0.145. The predicted molar refractivity (Wildman–Crippen MR) is 151 cm³/mol. The van der Waals surface area contributed by atoms with E-state index < -0.39 is 29.7 Å². The first-order chi connectivity index (χ1) is 19.9. The fraction of sp³-hybridized carbons (Fsp3) is 0.562. The van der Waals surface area contributed by atoms with E-state index in [1.807, 2.05) is 6.07 Å². The lowest BCUT2D eigenvalue weighted by Gasteiger charge is -2.35. The van der Waals surface area contributed by atoms with Crippen molar-refractivity contribution in [1.29, 1.82) is 0 Å². The van der Waals surface area contributed by atoms with Gasteiger partial charge in [-0.1, -0.05) is 55.7 Å². The van der Waals surface area contributed by atoms with Crippen LogP contribution in [-0.4, -0.2) is 71.8 Å². The summed E-state index contributed by atoms with van der Waals surface area (Å²) in [5.74, 6) is -1.74. The molecule has 0 radical (unpaired) electrons. The zero-order valence-electron chi connectivity index (χ0n) is 23.5. The Kier molecular flexibility index (Phi) is 9.88. The van der Waals surface area contributed by atoms with Gasteiger partial charge in [0.25, 0.3) is 0 Å². The monoisotopic (exact) mass is 569 g/mol. The molecule has 2 aromatic carbocycles. The number of nitrogens with one attached hydrogen (secondary N) is 1. The molecule has 2 heterocycles. The Morgan fingerprint density at radius 1 is 0.951 bits per heavy atom. The molecule has 5 rings (SSSR count). The average Bonchev–Trinajstić information content (AvgIpc) is 3.38. The quantitative estimate of drug-likeness (QED) is 0.421. The number of benzene rings is 2. The van der Waals surface area contributed by atoms with Gasteiger partial charge in [-0.2, -0.15) is 0 Å². The molecule has 9 heteroatoms. The number of amides is 1. The minimum Gasteiger partial charge on any atom is -0.480 e. The second-order valence-electron chi connectivity index (χ2n) is 11.9. The maximum absolute atomic E-state index is 13.4. The molecule has 222 valence electrons. The van der Waals surface area contributed by atoms with Gasteiger partial charge in [0.1, 0.15) is 12.1 Å². The highest BCUT2D eigenvalue weighted by molar-refractivity contribution is 5.74. The van der Waals surface area contributed by atoms with E-state index in [4.69, 9.17) is 4.74 Å². The van der Waals surface area contributed by atoms with Crippen LogP contribution in [0.15, 0.2) is 48.5 Å². The Labute approximate surface area is 240 Å². The molecule has 2 aliphatic heterocycles. The van der Waals surface area contributed by atoms with E-state index in [9.17, 15) is 23.5 Å². The Hall–Kier alpha value is -3.04. The molecule has 2 N–H and O–H groups in total. The zero-order valence-corrected chi connectivity index (χ0v) is 23.5.